The summed E-state index contributed by atoms with van der Waals surface area (Å²) < 4.78 is 0. The molecule has 7 heteroatoms. The van der Waals surface area contributed by atoms with E-state index in [0.29, 0.717) is 13.1 Å². The molecule has 90 valence electrons. The predicted octanol–water partition coefficient (Wildman–Crippen LogP) is -1.02. The Bertz CT molecular complexity index is 312. The van der Waals surface area contributed by atoms with Gasteiger partial charge in [-0.2, -0.15) is 0 Å². The Kier molecular flexibility index (Phi) is 3.70. The van der Waals surface area contributed by atoms with Gasteiger partial charge in [0.1, 0.15) is 6.04 Å². The molecule has 1 aliphatic rings. The summed E-state index contributed by atoms with van der Waals surface area (Å²) in [6, 6.07) is -1.41. The Morgan fingerprint density at radius 1 is 1.50 bits per heavy atom. The van der Waals surface area contributed by atoms with E-state index >= 15 is 0 Å². The summed E-state index contributed by atoms with van der Waals surface area (Å²) in [7, 11) is 0. The van der Waals surface area contributed by atoms with Gasteiger partial charge in [-0.05, 0) is 6.92 Å². The first kappa shape index (κ1) is 12.3. The molecule has 7 nitrogen and oxygen atoms in total. The molecule has 1 unspecified atom stereocenters. The number of primary amides is 1. The van der Waals surface area contributed by atoms with Crippen molar-refractivity contribution in [3.05, 3.63) is 0 Å². The van der Waals surface area contributed by atoms with E-state index in [4.69, 9.17) is 10.8 Å². The van der Waals surface area contributed by atoms with Crippen molar-refractivity contribution in [2.75, 3.05) is 13.1 Å². The number of hydrogen-bond donors (Lipinski definition) is 3. The molecule has 0 aromatic rings. The van der Waals surface area contributed by atoms with E-state index < -0.39 is 18.0 Å². The molecule has 16 heavy (non-hydrogen) atoms. The third-order valence-electron chi connectivity index (χ3n) is 2.46. The van der Waals surface area contributed by atoms with Crippen LogP contribution in [-0.2, 0) is 9.59 Å². The number of likely N-dealkylation sites (tertiary alicyclic amines) is 1. The van der Waals surface area contributed by atoms with Crippen LogP contribution in [0.4, 0.5) is 4.79 Å². The zero-order valence-electron chi connectivity index (χ0n) is 8.97. The third-order valence-corrected chi connectivity index (χ3v) is 2.46. The molecule has 0 spiro atoms. The van der Waals surface area contributed by atoms with E-state index in [2.05, 4.69) is 5.32 Å². The molecule has 0 aliphatic carbocycles. The minimum absolute atomic E-state index is 0.0160. The zero-order chi connectivity index (χ0) is 12.3. The van der Waals surface area contributed by atoms with Crippen LogP contribution in [0.1, 0.15) is 13.3 Å². The Labute approximate surface area is 92.6 Å². The molecule has 0 bridgehead atoms. The van der Waals surface area contributed by atoms with Crippen LogP contribution >= 0.6 is 0 Å². The van der Waals surface area contributed by atoms with E-state index in [1.54, 1.807) is 0 Å². The minimum Gasteiger partial charge on any atom is -0.481 e. The smallest absolute Gasteiger partial charge is 0.312 e. The average Bonchev–Trinajstić information content (AvgIpc) is 2.07. The summed E-state index contributed by atoms with van der Waals surface area (Å²) in [5.41, 5.74) is 4.89. The van der Waals surface area contributed by atoms with Gasteiger partial charge in [-0.25, -0.2) is 4.79 Å². The molecule has 1 aliphatic heterocycles. The van der Waals surface area contributed by atoms with E-state index in [1.807, 2.05) is 0 Å². The molecular weight excluding hydrogens is 214 g/mol. The SMILES string of the molecule is CC(NC(N)=O)C(=O)N1CC(CC(=O)O)C1. The largest absolute Gasteiger partial charge is 0.481 e. The van der Waals surface area contributed by atoms with E-state index in [1.165, 1.54) is 11.8 Å². The number of nitrogens with one attached hydrogen (secondary N) is 1. The highest BCUT2D eigenvalue weighted by Gasteiger charge is 2.34. The highest BCUT2D eigenvalue weighted by atomic mass is 16.4. The summed E-state index contributed by atoms with van der Waals surface area (Å²) in [5.74, 6) is -1.08. The van der Waals surface area contributed by atoms with Crippen LogP contribution in [0.3, 0.4) is 0 Å². The van der Waals surface area contributed by atoms with Gasteiger partial charge in [-0.15, -0.1) is 0 Å². The van der Waals surface area contributed by atoms with Crippen LogP contribution in [-0.4, -0.2) is 47.0 Å². The fraction of sp³-hybridized carbons (Fsp3) is 0.667. The van der Waals surface area contributed by atoms with Crippen molar-refractivity contribution in [3.63, 3.8) is 0 Å². The van der Waals surface area contributed by atoms with Crippen molar-refractivity contribution in [1.82, 2.24) is 10.2 Å². The van der Waals surface area contributed by atoms with Gasteiger partial charge in [0, 0.05) is 19.0 Å². The van der Waals surface area contributed by atoms with Crippen LogP contribution < -0.4 is 11.1 Å². The van der Waals surface area contributed by atoms with Gasteiger partial charge >= 0.3 is 12.0 Å². The lowest BCUT2D eigenvalue weighted by atomic mass is 9.95. The van der Waals surface area contributed by atoms with Gasteiger partial charge in [0.05, 0.1) is 6.42 Å². The lowest BCUT2D eigenvalue weighted by molar-refractivity contribution is -0.145. The molecule has 0 aromatic carbocycles. The number of aliphatic carboxylic acids is 1. The number of carbonyl (C=O) groups is 3. The van der Waals surface area contributed by atoms with Crippen LogP contribution in [0.25, 0.3) is 0 Å². The van der Waals surface area contributed by atoms with E-state index in [9.17, 15) is 14.4 Å². The quantitative estimate of drug-likeness (QED) is 0.572. The maximum absolute atomic E-state index is 11.6. The average molecular weight is 229 g/mol. The first-order chi connectivity index (χ1) is 7.40. The molecule has 0 aromatic heterocycles. The molecule has 1 rings (SSSR count). The maximum Gasteiger partial charge on any atom is 0.312 e. The van der Waals surface area contributed by atoms with Gasteiger partial charge in [-0.1, -0.05) is 0 Å². The first-order valence-corrected chi connectivity index (χ1v) is 4.96. The van der Waals surface area contributed by atoms with Crippen molar-refractivity contribution in [2.45, 2.75) is 19.4 Å². The van der Waals surface area contributed by atoms with Gasteiger partial charge in [0.2, 0.25) is 5.91 Å². The summed E-state index contributed by atoms with van der Waals surface area (Å²) in [6.45, 7) is 2.39. The number of carboxylic acid groups (broad SMARTS) is 1. The lowest BCUT2D eigenvalue weighted by Gasteiger charge is -2.39. The second-order valence-corrected chi connectivity index (χ2v) is 3.94. The number of rotatable bonds is 4. The topological polar surface area (TPSA) is 113 Å². The highest BCUT2D eigenvalue weighted by Crippen LogP contribution is 2.19. The van der Waals surface area contributed by atoms with Crippen LogP contribution in [0.2, 0.25) is 0 Å². The highest BCUT2D eigenvalue weighted by molar-refractivity contribution is 5.86. The Morgan fingerprint density at radius 2 is 2.06 bits per heavy atom. The predicted molar refractivity (Wildman–Crippen MR) is 54.5 cm³/mol. The number of amides is 3. The molecule has 1 fully saturated rings. The Balaban J connectivity index is 2.31. The van der Waals surface area contributed by atoms with Gasteiger partial charge < -0.3 is 21.1 Å². The monoisotopic (exact) mass is 229 g/mol. The second-order valence-electron chi connectivity index (χ2n) is 3.94. The summed E-state index contributed by atoms with van der Waals surface area (Å²) in [5, 5.41) is 10.8. The van der Waals surface area contributed by atoms with Crippen molar-refractivity contribution in [3.8, 4) is 0 Å². The maximum atomic E-state index is 11.6. The summed E-state index contributed by atoms with van der Waals surface area (Å²) in [6.07, 6.45) is 0.0708. The molecule has 1 heterocycles. The fourth-order valence-electron chi connectivity index (χ4n) is 1.67. The van der Waals surface area contributed by atoms with E-state index in [0.717, 1.165) is 0 Å². The van der Waals surface area contributed by atoms with Gasteiger partial charge in [-0.3, -0.25) is 9.59 Å². The number of urea groups is 1. The van der Waals surface area contributed by atoms with Crippen LogP contribution in [0.5, 0.6) is 0 Å². The van der Waals surface area contributed by atoms with Gasteiger partial charge in [0.15, 0.2) is 0 Å². The second kappa shape index (κ2) is 4.82. The van der Waals surface area contributed by atoms with Crippen molar-refractivity contribution in [1.29, 1.82) is 0 Å². The summed E-state index contributed by atoms with van der Waals surface area (Å²) >= 11 is 0. The zero-order valence-corrected chi connectivity index (χ0v) is 8.97. The van der Waals surface area contributed by atoms with Crippen molar-refractivity contribution >= 4 is 17.9 Å². The standard InChI is InChI=1S/C9H15N3O4/c1-5(11-9(10)16)8(15)12-3-6(4-12)2-7(13)14/h5-6H,2-4H2,1H3,(H,13,14)(H3,10,11,16). The molecule has 1 atom stereocenters. The minimum atomic E-state index is -0.861. The molecule has 3 amide bonds. The van der Waals surface area contributed by atoms with Gasteiger partial charge in [0.25, 0.3) is 0 Å². The molecule has 1 saturated heterocycles. The number of carboxylic acids is 1. The third kappa shape index (κ3) is 3.11. The Morgan fingerprint density at radius 3 is 2.50 bits per heavy atom. The number of hydrogen-bond acceptors (Lipinski definition) is 3. The first-order valence-electron chi connectivity index (χ1n) is 4.96. The van der Waals surface area contributed by atoms with Crippen molar-refractivity contribution < 1.29 is 19.5 Å². The normalized spacial score (nSPS) is 17.4. The fourth-order valence-corrected chi connectivity index (χ4v) is 1.67. The lowest BCUT2D eigenvalue weighted by Crippen LogP contribution is -2.57. The van der Waals surface area contributed by atoms with Crippen LogP contribution in [0, 0.1) is 5.92 Å². The number of nitrogens with two attached hydrogens (primary N) is 1. The van der Waals surface area contributed by atoms with E-state index in [-0.39, 0.29) is 18.2 Å². The number of carbonyl (C=O) groups excluding carboxylic acids is 2. The molecule has 0 saturated carbocycles. The molecular formula is C9H15N3O4. The molecule has 4 N–H and O–H groups in total. The summed E-state index contributed by atoms with van der Waals surface area (Å²) in [4.78, 5) is 34.0. The van der Waals surface area contributed by atoms with Crippen molar-refractivity contribution in [2.24, 2.45) is 11.7 Å². The molecule has 0 radical (unpaired) electrons. The Hall–Kier alpha value is -1.79. The van der Waals surface area contributed by atoms with Crippen LogP contribution in [0.15, 0.2) is 0 Å². The number of nitrogens with zero attached hydrogens (tertiary/aromatic N) is 1.